The van der Waals surface area contributed by atoms with Crippen LogP contribution in [0.25, 0.3) is 0 Å². The fourth-order valence-electron chi connectivity index (χ4n) is 2.92. The van der Waals surface area contributed by atoms with Gasteiger partial charge in [-0.3, -0.25) is 0 Å². The van der Waals surface area contributed by atoms with E-state index in [4.69, 9.17) is 0 Å². The second-order valence-electron chi connectivity index (χ2n) is 5.70. The number of hydrogen-bond acceptors (Lipinski definition) is 2. The SMILES string of the molecule is CCCNC1CCN(c2cc(F)ccc2C)CC1C. The zero-order chi connectivity index (χ0) is 13.8. The van der Waals surface area contributed by atoms with Crippen LogP contribution in [0.5, 0.6) is 0 Å². The molecule has 106 valence electrons. The van der Waals surface area contributed by atoms with Gasteiger partial charge in [0.05, 0.1) is 0 Å². The Morgan fingerprint density at radius 2 is 2.21 bits per heavy atom. The molecule has 1 aromatic carbocycles. The number of halogens is 1. The second kappa shape index (κ2) is 6.38. The normalized spacial score (nSPS) is 23.7. The minimum absolute atomic E-state index is 0.139. The number of nitrogens with zero attached hydrogens (tertiary/aromatic N) is 1. The first-order valence-corrected chi connectivity index (χ1v) is 7.36. The molecular formula is C16H25FN2. The summed E-state index contributed by atoms with van der Waals surface area (Å²) in [7, 11) is 0. The highest BCUT2D eigenvalue weighted by Gasteiger charge is 2.26. The topological polar surface area (TPSA) is 15.3 Å². The van der Waals surface area contributed by atoms with Crippen LogP contribution in [-0.4, -0.2) is 25.7 Å². The van der Waals surface area contributed by atoms with Gasteiger partial charge in [-0.1, -0.05) is 19.9 Å². The van der Waals surface area contributed by atoms with Crippen molar-refractivity contribution >= 4 is 5.69 Å². The first kappa shape index (κ1) is 14.3. The van der Waals surface area contributed by atoms with Crippen LogP contribution >= 0.6 is 0 Å². The van der Waals surface area contributed by atoms with Crippen molar-refractivity contribution in [3.8, 4) is 0 Å². The number of piperidine rings is 1. The second-order valence-corrected chi connectivity index (χ2v) is 5.70. The first-order valence-electron chi connectivity index (χ1n) is 7.36. The van der Waals surface area contributed by atoms with Gasteiger partial charge in [0.2, 0.25) is 0 Å². The summed E-state index contributed by atoms with van der Waals surface area (Å²) in [6.45, 7) is 9.65. The lowest BCUT2D eigenvalue weighted by atomic mass is 9.93. The van der Waals surface area contributed by atoms with Crippen LogP contribution in [0.1, 0.15) is 32.3 Å². The molecule has 1 aliphatic heterocycles. The molecule has 1 N–H and O–H groups in total. The molecule has 1 aliphatic rings. The van der Waals surface area contributed by atoms with Crippen molar-refractivity contribution in [1.82, 2.24) is 5.32 Å². The monoisotopic (exact) mass is 264 g/mol. The fourth-order valence-corrected chi connectivity index (χ4v) is 2.92. The minimum atomic E-state index is -0.139. The molecule has 3 heteroatoms. The van der Waals surface area contributed by atoms with Gasteiger partial charge in [0, 0.05) is 24.8 Å². The standard InChI is InChI=1S/C16H25FN2/c1-4-8-18-15-7-9-19(11-13(15)3)16-10-14(17)6-5-12(16)2/h5-6,10,13,15,18H,4,7-9,11H2,1-3H3. The van der Waals surface area contributed by atoms with Crippen molar-refractivity contribution in [2.75, 3.05) is 24.5 Å². The van der Waals surface area contributed by atoms with Gasteiger partial charge < -0.3 is 10.2 Å². The Morgan fingerprint density at radius 1 is 1.42 bits per heavy atom. The predicted octanol–water partition coefficient (Wildman–Crippen LogP) is 3.35. The van der Waals surface area contributed by atoms with Gasteiger partial charge >= 0.3 is 0 Å². The molecule has 0 bridgehead atoms. The van der Waals surface area contributed by atoms with Crippen LogP contribution in [0.15, 0.2) is 18.2 Å². The summed E-state index contributed by atoms with van der Waals surface area (Å²) in [5, 5.41) is 3.62. The van der Waals surface area contributed by atoms with Crippen LogP contribution in [0.2, 0.25) is 0 Å². The highest BCUT2D eigenvalue weighted by molar-refractivity contribution is 5.53. The highest BCUT2D eigenvalue weighted by Crippen LogP contribution is 2.26. The van der Waals surface area contributed by atoms with Gasteiger partial charge in [-0.2, -0.15) is 0 Å². The molecule has 0 amide bonds. The van der Waals surface area contributed by atoms with Crippen molar-refractivity contribution in [2.24, 2.45) is 5.92 Å². The van der Waals surface area contributed by atoms with E-state index < -0.39 is 0 Å². The summed E-state index contributed by atoms with van der Waals surface area (Å²) in [5.41, 5.74) is 2.22. The maximum Gasteiger partial charge on any atom is 0.125 e. The Kier molecular flexibility index (Phi) is 4.81. The maximum atomic E-state index is 13.4. The lowest BCUT2D eigenvalue weighted by Crippen LogP contribution is -2.48. The van der Waals surface area contributed by atoms with Gasteiger partial charge in [0.15, 0.2) is 0 Å². The van der Waals surface area contributed by atoms with Crippen molar-refractivity contribution in [3.05, 3.63) is 29.6 Å². The van der Waals surface area contributed by atoms with E-state index in [1.54, 1.807) is 6.07 Å². The predicted molar refractivity (Wildman–Crippen MR) is 79.2 cm³/mol. The molecule has 2 rings (SSSR count). The average molecular weight is 264 g/mol. The molecule has 1 saturated heterocycles. The molecule has 19 heavy (non-hydrogen) atoms. The van der Waals surface area contributed by atoms with Crippen LogP contribution < -0.4 is 10.2 Å². The molecule has 1 aromatic rings. The van der Waals surface area contributed by atoms with E-state index in [2.05, 4.69) is 31.0 Å². The molecule has 0 radical (unpaired) electrons. The number of anilines is 1. The van der Waals surface area contributed by atoms with Crippen LogP contribution in [0.4, 0.5) is 10.1 Å². The summed E-state index contributed by atoms with van der Waals surface area (Å²) in [5.74, 6) is 0.461. The Balaban J connectivity index is 2.03. The first-order chi connectivity index (χ1) is 9.11. The van der Waals surface area contributed by atoms with Gasteiger partial charge in [-0.15, -0.1) is 0 Å². The van der Waals surface area contributed by atoms with Crippen molar-refractivity contribution in [2.45, 2.75) is 39.7 Å². The smallest absolute Gasteiger partial charge is 0.125 e. The van der Waals surface area contributed by atoms with Gasteiger partial charge in [0.1, 0.15) is 5.82 Å². The summed E-state index contributed by atoms with van der Waals surface area (Å²) in [6.07, 6.45) is 2.31. The zero-order valence-electron chi connectivity index (χ0n) is 12.2. The molecule has 0 aliphatic carbocycles. The zero-order valence-corrected chi connectivity index (χ0v) is 12.2. The number of rotatable bonds is 4. The Labute approximate surface area is 116 Å². The summed E-state index contributed by atoms with van der Waals surface area (Å²) in [4.78, 5) is 2.33. The third kappa shape index (κ3) is 3.47. The van der Waals surface area contributed by atoms with Crippen molar-refractivity contribution in [3.63, 3.8) is 0 Å². The van der Waals surface area contributed by atoms with Crippen LogP contribution in [-0.2, 0) is 0 Å². The molecule has 1 heterocycles. The molecular weight excluding hydrogens is 239 g/mol. The summed E-state index contributed by atoms with van der Waals surface area (Å²) < 4.78 is 13.4. The Hall–Kier alpha value is -1.09. The van der Waals surface area contributed by atoms with Crippen LogP contribution in [0.3, 0.4) is 0 Å². The Bertz CT molecular complexity index is 419. The molecule has 0 spiro atoms. The Morgan fingerprint density at radius 3 is 2.89 bits per heavy atom. The lowest BCUT2D eigenvalue weighted by molar-refractivity contribution is 0.322. The van der Waals surface area contributed by atoms with Gasteiger partial charge in [0.25, 0.3) is 0 Å². The number of hydrogen-bond donors (Lipinski definition) is 1. The van der Waals surface area contributed by atoms with Gasteiger partial charge in [-0.05, 0) is 49.9 Å². The van der Waals surface area contributed by atoms with E-state index >= 15 is 0 Å². The third-order valence-corrected chi connectivity index (χ3v) is 4.07. The summed E-state index contributed by atoms with van der Waals surface area (Å²) in [6, 6.07) is 5.68. The van der Waals surface area contributed by atoms with Crippen molar-refractivity contribution < 1.29 is 4.39 Å². The largest absolute Gasteiger partial charge is 0.371 e. The third-order valence-electron chi connectivity index (χ3n) is 4.07. The number of aryl methyl sites for hydroxylation is 1. The van der Waals surface area contributed by atoms with E-state index in [-0.39, 0.29) is 5.82 Å². The molecule has 0 saturated carbocycles. The van der Waals surface area contributed by atoms with E-state index in [9.17, 15) is 4.39 Å². The van der Waals surface area contributed by atoms with E-state index in [0.717, 1.165) is 37.3 Å². The molecule has 2 atom stereocenters. The van der Waals surface area contributed by atoms with E-state index in [1.807, 2.05) is 6.07 Å². The quantitative estimate of drug-likeness (QED) is 0.897. The fraction of sp³-hybridized carbons (Fsp3) is 0.625. The van der Waals surface area contributed by atoms with E-state index in [0.29, 0.717) is 12.0 Å². The van der Waals surface area contributed by atoms with Gasteiger partial charge in [-0.25, -0.2) is 4.39 Å². The highest BCUT2D eigenvalue weighted by atomic mass is 19.1. The average Bonchev–Trinajstić information content (AvgIpc) is 2.40. The van der Waals surface area contributed by atoms with Crippen molar-refractivity contribution in [1.29, 1.82) is 0 Å². The van der Waals surface area contributed by atoms with E-state index in [1.165, 1.54) is 12.5 Å². The lowest BCUT2D eigenvalue weighted by Gasteiger charge is -2.39. The number of benzene rings is 1. The molecule has 2 unspecified atom stereocenters. The minimum Gasteiger partial charge on any atom is -0.371 e. The number of nitrogens with one attached hydrogen (secondary N) is 1. The maximum absolute atomic E-state index is 13.4. The molecule has 0 aromatic heterocycles. The van der Waals surface area contributed by atoms with Crippen LogP contribution in [0, 0.1) is 18.7 Å². The molecule has 1 fully saturated rings. The molecule has 2 nitrogen and oxygen atoms in total. The summed E-state index contributed by atoms with van der Waals surface area (Å²) >= 11 is 0.